The molecule has 0 aliphatic heterocycles. The number of esters is 1. The second-order valence-corrected chi connectivity index (χ2v) is 5.32. The van der Waals surface area contributed by atoms with Crippen molar-refractivity contribution >= 4 is 23.3 Å². The zero-order valence-corrected chi connectivity index (χ0v) is 12.1. The van der Waals surface area contributed by atoms with Crippen molar-refractivity contribution in [2.75, 3.05) is 0 Å². The van der Waals surface area contributed by atoms with Crippen LogP contribution < -0.4 is 0 Å². The molecule has 110 valence electrons. The number of hydrogen-bond acceptors (Lipinski definition) is 5. The summed E-state index contributed by atoms with van der Waals surface area (Å²) >= 11 is 1.11. The third-order valence-corrected chi connectivity index (χ3v) is 3.91. The van der Waals surface area contributed by atoms with Gasteiger partial charge < -0.3 is 9.84 Å². The van der Waals surface area contributed by atoms with E-state index in [-0.39, 0.29) is 5.69 Å². The van der Waals surface area contributed by atoms with Gasteiger partial charge in [0.2, 0.25) is 0 Å². The number of ether oxygens (including phenoxy) is 1. The molecule has 2 aromatic rings. The first-order valence-corrected chi connectivity index (χ1v) is 6.87. The Bertz CT molecular complexity index is 681. The third kappa shape index (κ3) is 3.43. The molecule has 0 saturated heterocycles. The summed E-state index contributed by atoms with van der Waals surface area (Å²) in [5, 5.41) is 9.60. The smallest absolute Gasteiger partial charge is 0.356 e. The molecule has 5 nitrogen and oxygen atoms in total. The molecule has 0 unspecified atom stereocenters. The van der Waals surface area contributed by atoms with Crippen molar-refractivity contribution in [3.05, 3.63) is 40.8 Å². The van der Waals surface area contributed by atoms with E-state index in [1.807, 2.05) is 0 Å². The van der Waals surface area contributed by atoms with E-state index in [9.17, 15) is 19.1 Å². The first kappa shape index (κ1) is 15.1. The lowest BCUT2D eigenvalue weighted by Gasteiger charge is -2.07. The van der Waals surface area contributed by atoms with Crippen LogP contribution in [-0.2, 0) is 9.53 Å². The van der Waals surface area contributed by atoms with Gasteiger partial charge in [0.05, 0.1) is 4.88 Å². The molecule has 21 heavy (non-hydrogen) atoms. The van der Waals surface area contributed by atoms with Crippen molar-refractivity contribution in [2.45, 2.75) is 20.0 Å². The van der Waals surface area contributed by atoms with Crippen molar-refractivity contribution in [1.29, 1.82) is 0 Å². The number of hydrogen-bond donors (Lipinski definition) is 1. The molecule has 1 N–H and O–H groups in total. The van der Waals surface area contributed by atoms with Gasteiger partial charge in [0.25, 0.3) is 0 Å². The van der Waals surface area contributed by atoms with Crippen LogP contribution in [0.25, 0.3) is 10.4 Å². The highest BCUT2D eigenvalue weighted by Gasteiger charge is 2.22. The minimum atomic E-state index is -1.19. The summed E-state index contributed by atoms with van der Waals surface area (Å²) in [7, 11) is 0. The van der Waals surface area contributed by atoms with Crippen LogP contribution in [0.5, 0.6) is 0 Å². The molecular weight excluding hydrogens is 297 g/mol. The maximum atomic E-state index is 13.0. The van der Waals surface area contributed by atoms with Gasteiger partial charge in [0.15, 0.2) is 11.8 Å². The Balaban J connectivity index is 2.45. The van der Waals surface area contributed by atoms with Crippen molar-refractivity contribution < 1.29 is 23.8 Å². The Morgan fingerprint density at radius 2 is 1.95 bits per heavy atom. The molecule has 0 amide bonds. The number of halogens is 1. The number of benzene rings is 1. The number of carboxylic acids is 1. The molecular formula is C14H12FNO4S. The highest BCUT2D eigenvalue weighted by molar-refractivity contribution is 7.15. The SMILES string of the molecule is CC(=O)O[C@@H](C)c1nc(C(=O)O)c(-c2ccc(F)cc2)s1. The van der Waals surface area contributed by atoms with Crippen molar-refractivity contribution in [2.24, 2.45) is 0 Å². The molecule has 1 aromatic heterocycles. The lowest BCUT2D eigenvalue weighted by atomic mass is 10.1. The number of aromatic carboxylic acids is 1. The minimum Gasteiger partial charge on any atom is -0.476 e. The maximum Gasteiger partial charge on any atom is 0.356 e. The van der Waals surface area contributed by atoms with Gasteiger partial charge in [-0.15, -0.1) is 11.3 Å². The van der Waals surface area contributed by atoms with E-state index in [2.05, 4.69) is 4.98 Å². The standard InChI is InChI=1S/C14H12FNO4S/c1-7(20-8(2)17)13-16-11(14(18)19)12(21-13)9-3-5-10(15)6-4-9/h3-7H,1-2H3,(H,18,19)/t7-/m0/s1. The highest BCUT2D eigenvalue weighted by atomic mass is 32.1. The van der Waals surface area contributed by atoms with Gasteiger partial charge in [-0.05, 0) is 24.6 Å². The second kappa shape index (κ2) is 6.01. The fourth-order valence-electron chi connectivity index (χ4n) is 1.75. The van der Waals surface area contributed by atoms with Crippen LogP contribution in [0.1, 0.15) is 35.4 Å². The summed E-state index contributed by atoms with van der Waals surface area (Å²) in [4.78, 5) is 26.6. The molecule has 0 bridgehead atoms. The number of thiazole rings is 1. The highest BCUT2D eigenvalue weighted by Crippen LogP contribution is 2.34. The molecule has 0 radical (unpaired) electrons. The number of rotatable bonds is 4. The van der Waals surface area contributed by atoms with Gasteiger partial charge in [-0.25, -0.2) is 14.2 Å². The fraction of sp³-hybridized carbons (Fsp3) is 0.214. The first-order valence-electron chi connectivity index (χ1n) is 6.05. The monoisotopic (exact) mass is 309 g/mol. The van der Waals surface area contributed by atoms with E-state index in [1.54, 1.807) is 6.92 Å². The van der Waals surface area contributed by atoms with Gasteiger partial charge in [0, 0.05) is 6.92 Å². The molecule has 0 fully saturated rings. The molecule has 0 saturated carbocycles. The molecule has 0 spiro atoms. The number of nitrogens with zero attached hydrogens (tertiary/aromatic N) is 1. The van der Waals surface area contributed by atoms with Crippen LogP contribution in [-0.4, -0.2) is 22.0 Å². The lowest BCUT2D eigenvalue weighted by Crippen LogP contribution is -2.05. The summed E-state index contributed by atoms with van der Waals surface area (Å²) < 4.78 is 17.9. The number of carbonyl (C=O) groups excluding carboxylic acids is 1. The van der Waals surface area contributed by atoms with Gasteiger partial charge in [-0.3, -0.25) is 4.79 Å². The summed E-state index contributed by atoms with van der Waals surface area (Å²) in [5.41, 5.74) is 0.410. The van der Waals surface area contributed by atoms with E-state index in [0.29, 0.717) is 15.4 Å². The van der Waals surface area contributed by atoms with Crippen LogP contribution >= 0.6 is 11.3 Å². The Hall–Kier alpha value is -2.28. The topological polar surface area (TPSA) is 76.5 Å². The van der Waals surface area contributed by atoms with Gasteiger partial charge in [-0.2, -0.15) is 0 Å². The van der Waals surface area contributed by atoms with Gasteiger partial charge in [0.1, 0.15) is 10.8 Å². The normalized spacial score (nSPS) is 12.0. The van der Waals surface area contributed by atoms with E-state index in [1.165, 1.54) is 31.2 Å². The second-order valence-electron chi connectivity index (χ2n) is 4.29. The zero-order valence-electron chi connectivity index (χ0n) is 11.3. The number of carbonyl (C=O) groups is 2. The molecule has 1 atom stereocenters. The minimum absolute atomic E-state index is 0.138. The summed E-state index contributed by atoms with van der Waals surface area (Å²) in [6.45, 7) is 2.88. The van der Waals surface area contributed by atoms with E-state index in [0.717, 1.165) is 11.3 Å². The van der Waals surface area contributed by atoms with Crippen LogP contribution in [0.2, 0.25) is 0 Å². The van der Waals surface area contributed by atoms with E-state index >= 15 is 0 Å². The Labute approximate surface area is 124 Å². The first-order chi connectivity index (χ1) is 9.88. The van der Waals surface area contributed by atoms with Crippen LogP contribution in [0.4, 0.5) is 4.39 Å². The average molecular weight is 309 g/mol. The molecule has 1 heterocycles. The van der Waals surface area contributed by atoms with E-state index < -0.39 is 23.9 Å². The molecule has 0 aliphatic carbocycles. The number of carboxylic acid groups (broad SMARTS) is 1. The predicted molar refractivity (Wildman–Crippen MR) is 74.6 cm³/mol. The Kier molecular flexibility index (Phi) is 4.32. The van der Waals surface area contributed by atoms with Crippen molar-refractivity contribution in [3.8, 4) is 10.4 Å². The van der Waals surface area contributed by atoms with Gasteiger partial charge >= 0.3 is 11.9 Å². The van der Waals surface area contributed by atoms with Crippen molar-refractivity contribution in [1.82, 2.24) is 4.98 Å². The fourth-order valence-corrected chi connectivity index (χ4v) is 2.80. The maximum absolute atomic E-state index is 13.0. The van der Waals surface area contributed by atoms with Crippen LogP contribution in [0, 0.1) is 5.82 Å². The number of aromatic nitrogens is 1. The van der Waals surface area contributed by atoms with Crippen molar-refractivity contribution in [3.63, 3.8) is 0 Å². The largest absolute Gasteiger partial charge is 0.476 e. The Morgan fingerprint density at radius 3 is 2.48 bits per heavy atom. The van der Waals surface area contributed by atoms with Gasteiger partial charge in [-0.1, -0.05) is 12.1 Å². The summed E-state index contributed by atoms with van der Waals surface area (Å²) in [6.07, 6.45) is -0.639. The molecule has 2 rings (SSSR count). The predicted octanol–water partition coefficient (Wildman–Crippen LogP) is 3.27. The van der Waals surface area contributed by atoms with E-state index in [4.69, 9.17) is 4.74 Å². The summed E-state index contributed by atoms with van der Waals surface area (Å²) in [5.74, 6) is -2.07. The zero-order chi connectivity index (χ0) is 15.6. The molecule has 1 aromatic carbocycles. The third-order valence-electron chi connectivity index (χ3n) is 2.64. The Morgan fingerprint density at radius 1 is 1.33 bits per heavy atom. The average Bonchev–Trinajstić information content (AvgIpc) is 2.84. The molecule has 0 aliphatic rings. The van der Waals surface area contributed by atoms with Crippen LogP contribution in [0.15, 0.2) is 24.3 Å². The lowest BCUT2D eigenvalue weighted by molar-refractivity contribution is -0.145. The van der Waals surface area contributed by atoms with Crippen LogP contribution in [0.3, 0.4) is 0 Å². The quantitative estimate of drug-likeness (QED) is 0.877. The summed E-state index contributed by atoms with van der Waals surface area (Å²) in [6, 6.07) is 5.46. The molecule has 7 heteroatoms.